The first kappa shape index (κ1) is 10.0. The highest BCUT2D eigenvalue weighted by Crippen LogP contribution is 2.30. The fraction of sp³-hybridized carbons (Fsp3) is 0.167. The molecule has 1 aromatic heterocycles. The van der Waals surface area contributed by atoms with Gasteiger partial charge in [-0.15, -0.1) is 0 Å². The summed E-state index contributed by atoms with van der Waals surface area (Å²) in [5, 5.41) is 0.487. The summed E-state index contributed by atoms with van der Waals surface area (Å²) in [6, 6.07) is 4.17. The van der Waals surface area contributed by atoms with E-state index in [0.29, 0.717) is 16.7 Å². The van der Waals surface area contributed by atoms with Crippen LogP contribution in [0, 0.1) is 5.82 Å². The van der Waals surface area contributed by atoms with Crippen LogP contribution < -0.4 is 4.74 Å². The Morgan fingerprint density at radius 1 is 1.24 bits per heavy atom. The van der Waals surface area contributed by atoms with E-state index >= 15 is 0 Å². The number of carbonyl (C=O) groups is 1. The maximum absolute atomic E-state index is 13.2. The second-order valence-electron chi connectivity index (χ2n) is 3.65. The largest absolute Gasteiger partial charge is 0.488 e. The van der Waals surface area contributed by atoms with Gasteiger partial charge in [-0.2, -0.15) is 0 Å². The van der Waals surface area contributed by atoms with E-state index in [4.69, 9.17) is 9.47 Å². The summed E-state index contributed by atoms with van der Waals surface area (Å²) >= 11 is 0. The van der Waals surface area contributed by atoms with Gasteiger partial charge in [-0.25, -0.2) is 9.18 Å². The van der Waals surface area contributed by atoms with Gasteiger partial charge in [-0.3, -0.25) is 4.98 Å². The Kier molecular flexibility index (Phi) is 2.18. The highest BCUT2D eigenvalue weighted by Gasteiger charge is 2.21. The van der Waals surface area contributed by atoms with Gasteiger partial charge < -0.3 is 9.47 Å². The molecule has 0 N–H and O–H groups in total. The van der Waals surface area contributed by atoms with E-state index in [2.05, 4.69) is 4.98 Å². The molecule has 0 spiro atoms. The molecule has 1 aliphatic rings. The molecule has 0 fully saturated rings. The molecule has 0 amide bonds. The van der Waals surface area contributed by atoms with Crippen LogP contribution in [-0.4, -0.2) is 24.2 Å². The summed E-state index contributed by atoms with van der Waals surface area (Å²) in [5.41, 5.74) is 0.820. The number of pyridine rings is 1. The standard InChI is InChI=1S/C12H8FNO3/c13-7-1-2-10-8(5-7)11-9(6-14-10)12(15)17-4-3-16-11/h1-2,5-6H,3-4H2. The van der Waals surface area contributed by atoms with E-state index in [-0.39, 0.29) is 18.8 Å². The molecule has 1 aliphatic heterocycles. The van der Waals surface area contributed by atoms with Gasteiger partial charge in [0.15, 0.2) is 0 Å². The number of ether oxygens (including phenoxy) is 2. The fourth-order valence-electron chi connectivity index (χ4n) is 1.80. The summed E-state index contributed by atoms with van der Waals surface area (Å²) < 4.78 is 23.6. The van der Waals surface area contributed by atoms with Gasteiger partial charge in [-0.05, 0) is 18.2 Å². The van der Waals surface area contributed by atoms with Crippen molar-refractivity contribution in [2.24, 2.45) is 0 Å². The number of esters is 1. The Labute approximate surface area is 96.0 Å². The van der Waals surface area contributed by atoms with Crippen LogP contribution in [0.3, 0.4) is 0 Å². The van der Waals surface area contributed by atoms with Crippen LogP contribution in [-0.2, 0) is 4.74 Å². The lowest BCUT2D eigenvalue weighted by atomic mass is 10.1. The van der Waals surface area contributed by atoms with Crippen molar-refractivity contribution in [1.29, 1.82) is 0 Å². The minimum absolute atomic E-state index is 0.185. The maximum atomic E-state index is 13.2. The molecule has 4 nitrogen and oxygen atoms in total. The molecule has 5 heteroatoms. The van der Waals surface area contributed by atoms with Crippen LogP contribution in [0.5, 0.6) is 5.75 Å². The summed E-state index contributed by atoms with van der Waals surface area (Å²) in [5.74, 6) is -0.540. The summed E-state index contributed by atoms with van der Waals surface area (Å²) in [6.07, 6.45) is 1.39. The van der Waals surface area contributed by atoms with Gasteiger partial charge in [0, 0.05) is 11.6 Å². The third kappa shape index (κ3) is 1.60. The summed E-state index contributed by atoms with van der Waals surface area (Å²) in [7, 11) is 0. The van der Waals surface area contributed by atoms with E-state index in [1.807, 2.05) is 0 Å². The highest BCUT2D eigenvalue weighted by atomic mass is 19.1. The molecule has 0 radical (unpaired) electrons. The minimum Gasteiger partial charge on any atom is -0.488 e. The molecule has 0 aliphatic carbocycles. The molecule has 0 bridgehead atoms. The number of rotatable bonds is 0. The van der Waals surface area contributed by atoms with Crippen molar-refractivity contribution in [2.45, 2.75) is 0 Å². The smallest absolute Gasteiger partial charge is 0.343 e. The third-order valence-electron chi connectivity index (χ3n) is 2.56. The van der Waals surface area contributed by atoms with Gasteiger partial charge in [0.1, 0.15) is 30.3 Å². The van der Waals surface area contributed by atoms with Crippen molar-refractivity contribution in [3.05, 3.63) is 35.8 Å². The first-order valence-corrected chi connectivity index (χ1v) is 5.14. The molecule has 0 atom stereocenters. The molecule has 17 heavy (non-hydrogen) atoms. The highest BCUT2D eigenvalue weighted by molar-refractivity contribution is 5.99. The van der Waals surface area contributed by atoms with Crippen LogP contribution in [0.15, 0.2) is 24.4 Å². The van der Waals surface area contributed by atoms with Crippen molar-refractivity contribution >= 4 is 16.9 Å². The first-order valence-electron chi connectivity index (χ1n) is 5.14. The number of cyclic esters (lactones) is 1. The molecule has 0 unspecified atom stereocenters. The van der Waals surface area contributed by atoms with E-state index in [9.17, 15) is 9.18 Å². The number of nitrogens with zero attached hydrogens (tertiary/aromatic N) is 1. The predicted molar refractivity (Wildman–Crippen MR) is 57.5 cm³/mol. The number of fused-ring (bicyclic) bond motifs is 3. The molecule has 2 heterocycles. The number of benzene rings is 1. The second-order valence-corrected chi connectivity index (χ2v) is 3.65. The lowest BCUT2D eigenvalue weighted by molar-refractivity contribution is 0.0492. The van der Waals surface area contributed by atoms with Crippen LogP contribution >= 0.6 is 0 Å². The quantitative estimate of drug-likeness (QED) is 0.652. The molecule has 0 saturated carbocycles. The van der Waals surface area contributed by atoms with Crippen LogP contribution in [0.1, 0.15) is 10.4 Å². The topological polar surface area (TPSA) is 48.4 Å². The normalized spacial score (nSPS) is 14.8. The van der Waals surface area contributed by atoms with E-state index < -0.39 is 11.8 Å². The average molecular weight is 233 g/mol. The van der Waals surface area contributed by atoms with E-state index in [1.165, 1.54) is 18.3 Å². The average Bonchev–Trinajstić information content (AvgIpc) is 2.52. The number of carbonyl (C=O) groups excluding carboxylic acids is 1. The number of hydrogen-bond acceptors (Lipinski definition) is 4. The maximum Gasteiger partial charge on any atom is 0.343 e. The van der Waals surface area contributed by atoms with Crippen molar-refractivity contribution in [3.8, 4) is 5.75 Å². The number of hydrogen-bond donors (Lipinski definition) is 0. The van der Waals surface area contributed by atoms with E-state index in [0.717, 1.165) is 0 Å². The Morgan fingerprint density at radius 3 is 2.94 bits per heavy atom. The van der Waals surface area contributed by atoms with Crippen LogP contribution in [0.2, 0.25) is 0 Å². The zero-order chi connectivity index (χ0) is 11.8. The minimum atomic E-state index is -0.490. The Morgan fingerprint density at radius 2 is 2.06 bits per heavy atom. The van der Waals surface area contributed by atoms with Crippen LogP contribution in [0.4, 0.5) is 4.39 Å². The summed E-state index contributed by atoms with van der Waals surface area (Å²) in [4.78, 5) is 15.7. The molecule has 2 aromatic rings. The zero-order valence-electron chi connectivity index (χ0n) is 8.77. The third-order valence-corrected chi connectivity index (χ3v) is 2.56. The van der Waals surface area contributed by atoms with Crippen molar-refractivity contribution in [3.63, 3.8) is 0 Å². The Hall–Kier alpha value is -2.17. The van der Waals surface area contributed by atoms with Gasteiger partial charge in [0.25, 0.3) is 0 Å². The van der Waals surface area contributed by atoms with Gasteiger partial charge in [0.05, 0.1) is 5.52 Å². The monoisotopic (exact) mass is 233 g/mol. The summed E-state index contributed by atoms with van der Waals surface area (Å²) in [6.45, 7) is 0.443. The molecular weight excluding hydrogens is 225 g/mol. The zero-order valence-corrected chi connectivity index (χ0v) is 8.77. The lowest BCUT2D eigenvalue weighted by Gasteiger charge is -2.07. The van der Waals surface area contributed by atoms with Gasteiger partial charge >= 0.3 is 5.97 Å². The lowest BCUT2D eigenvalue weighted by Crippen LogP contribution is -2.05. The van der Waals surface area contributed by atoms with Gasteiger partial charge in [0.2, 0.25) is 0 Å². The second kappa shape index (κ2) is 3.69. The molecule has 86 valence electrons. The van der Waals surface area contributed by atoms with E-state index in [1.54, 1.807) is 6.07 Å². The molecule has 1 aromatic carbocycles. The number of halogens is 1. The Bertz CT molecular complexity index is 612. The molecular formula is C12H8FNO3. The molecule has 0 saturated heterocycles. The van der Waals surface area contributed by atoms with Crippen LogP contribution in [0.25, 0.3) is 10.9 Å². The first-order chi connectivity index (χ1) is 8.25. The number of aromatic nitrogens is 1. The predicted octanol–water partition coefficient (Wildman–Crippen LogP) is 1.92. The fourth-order valence-corrected chi connectivity index (χ4v) is 1.80. The molecule has 3 rings (SSSR count). The van der Waals surface area contributed by atoms with Crippen molar-refractivity contribution in [2.75, 3.05) is 13.2 Å². The van der Waals surface area contributed by atoms with Gasteiger partial charge in [-0.1, -0.05) is 0 Å². The SMILES string of the molecule is O=C1OCCOc2c1cnc1ccc(F)cc21. The van der Waals surface area contributed by atoms with Crippen molar-refractivity contribution in [1.82, 2.24) is 4.98 Å². The van der Waals surface area contributed by atoms with Crippen molar-refractivity contribution < 1.29 is 18.7 Å². The Balaban J connectivity index is 2.33.